The van der Waals surface area contributed by atoms with E-state index in [9.17, 15) is 0 Å². The predicted octanol–water partition coefficient (Wildman–Crippen LogP) is 0.0526. The molecule has 1 aliphatic rings. The first kappa shape index (κ1) is 9.96. The Labute approximate surface area is 74.8 Å². The highest BCUT2D eigenvalue weighted by Crippen LogP contribution is 2.08. The summed E-state index contributed by atoms with van der Waals surface area (Å²) in [5, 5.41) is 12.0. The van der Waals surface area contributed by atoms with Crippen LogP contribution in [0.5, 0.6) is 0 Å². The molecule has 0 atom stereocenters. The van der Waals surface area contributed by atoms with E-state index in [0.29, 0.717) is 6.04 Å². The van der Waals surface area contributed by atoms with E-state index < -0.39 is 0 Å². The normalized spacial score (nSPS) is 21.5. The van der Waals surface area contributed by atoms with Gasteiger partial charge in [-0.3, -0.25) is 0 Å². The van der Waals surface area contributed by atoms with Gasteiger partial charge in [0.25, 0.3) is 0 Å². The van der Waals surface area contributed by atoms with E-state index in [1.807, 2.05) is 0 Å². The molecule has 0 spiro atoms. The van der Waals surface area contributed by atoms with Crippen molar-refractivity contribution in [3.05, 3.63) is 0 Å². The molecule has 1 fully saturated rings. The molecule has 1 saturated heterocycles. The second-order valence-corrected chi connectivity index (χ2v) is 3.39. The number of hydrogen-bond donors (Lipinski definition) is 2. The van der Waals surface area contributed by atoms with Crippen molar-refractivity contribution in [2.24, 2.45) is 0 Å². The first-order valence-electron chi connectivity index (χ1n) is 4.93. The van der Waals surface area contributed by atoms with Crippen LogP contribution < -0.4 is 5.32 Å². The maximum Gasteiger partial charge on any atom is 0.0556 e. The quantitative estimate of drug-likeness (QED) is 0.629. The smallest absolute Gasteiger partial charge is 0.0556 e. The maximum atomic E-state index is 8.62. The minimum absolute atomic E-state index is 0.258. The van der Waals surface area contributed by atoms with Crippen molar-refractivity contribution in [1.82, 2.24) is 10.2 Å². The Morgan fingerprint density at radius 3 is 2.58 bits per heavy atom. The van der Waals surface area contributed by atoms with E-state index in [1.165, 1.54) is 32.5 Å². The van der Waals surface area contributed by atoms with Gasteiger partial charge >= 0.3 is 0 Å². The third kappa shape index (κ3) is 3.09. The number of aliphatic hydroxyl groups is 1. The summed E-state index contributed by atoms with van der Waals surface area (Å²) in [7, 11) is 0. The van der Waals surface area contributed by atoms with Gasteiger partial charge in [-0.2, -0.15) is 0 Å². The zero-order valence-corrected chi connectivity index (χ0v) is 7.92. The lowest BCUT2D eigenvalue weighted by atomic mass is 10.1. The lowest BCUT2D eigenvalue weighted by molar-refractivity contribution is 0.198. The Hall–Kier alpha value is -0.120. The minimum atomic E-state index is 0.258. The van der Waals surface area contributed by atoms with E-state index in [4.69, 9.17) is 5.11 Å². The molecule has 0 bridgehead atoms. The molecule has 3 heteroatoms. The standard InChI is InChI=1S/C9H20N2O/c1-2-11-6-3-9(4-7-11)10-5-8-12/h9-10,12H,2-8H2,1H3. The van der Waals surface area contributed by atoms with Crippen molar-refractivity contribution >= 4 is 0 Å². The highest BCUT2D eigenvalue weighted by Gasteiger charge is 2.16. The van der Waals surface area contributed by atoms with E-state index in [2.05, 4.69) is 17.1 Å². The Kier molecular flexibility index (Phi) is 4.58. The number of hydrogen-bond acceptors (Lipinski definition) is 3. The Balaban J connectivity index is 2.09. The van der Waals surface area contributed by atoms with Crippen LogP contribution in [0.2, 0.25) is 0 Å². The third-order valence-corrected chi connectivity index (χ3v) is 2.58. The van der Waals surface area contributed by atoms with Gasteiger partial charge < -0.3 is 15.3 Å². The topological polar surface area (TPSA) is 35.5 Å². The van der Waals surface area contributed by atoms with Crippen LogP contribution in [0, 0.1) is 0 Å². The number of rotatable bonds is 4. The number of aliphatic hydroxyl groups excluding tert-OH is 1. The van der Waals surface area contributed by atoms with Crippen LogP contribution in [0.4, 0.5) is 0 Å². The lowest BCUT2D eigenvalue weighted by Crippen LogP contribution is -2.43. The summed E-state index contributed by atoms with van der Waals surface area (Å²) >= 11 is 0. The zero-order chi connectivity index (χ0) is 8.81. The van der Waals surface area contributed by atoms with Crippen molar-refractivity contribution in [3.8, 4) is 0 Å². The molecule has 0 aromatic carbocycles. The Morgan fingerprint density at radius 2 is 2.08 bits per heavy atom. The summed E-state index contributed by atoms with van der Waals surface area (Å²) in [5.41, 5.74) is 0. The van der Waals surface area contributed by atoms with Crippen molar-refractivity contribution in [2.45, 2.75) is 25.8 Å². The van der Waals surface area contributed by atoms with Gasteiger partial charge in [-0.1, -0.05) is 6.92 Å². The van der Waals surface area contributed by atoms with Gasteiger partial charge in [0.15, 0.2) is 0 Å². The van der Waals surface area contributed by atoms with E-state index in [0.717, 1.165) is 6.54 Å². The summed E-state index contributed by atoms with van der Waals surface area (Å²) in [5.74, 6) is 0. The lowest BCUT2D eigenvalue weighted by Gasteiger charge is -2.31. The van der Waals surface area contributed by atoms with E-state index in [-0.39, 0.29) is 6.61 Å². The van der Waals surface area contributed by atoms with Crippen molar-refractivity contribution in [1.29, 1.82) is 0 Å². The maximum absolute atomic E-state index is 8.62. The van der Waals surface area contributed by atoms with E-state index in [1.54, 1.807) is 0 Å². The first-order chi connectivity index (χ1) is 5.86. The predicted molar refractivity (Wildman–Crippen MR) is 50.2 cm³/mol. The molecule has 0 radical (unpaired) electrons. The highest BCUT2D eigenvalue weighted by atomic mass is 16.3. The molecule has 0 saturated carbocycles. The van der Waals surface area contributed by atoms with Crippen LogP contribution >= 0.6 is 0 Å². The van der Waals surface area contributed by atoms with Crippen LogP contribution in [0.3, 0.4) is 0 Å². The highest BCUT2D eigenvalue weighted by molar-refractivity contribution is 4.76. The van der Waals surface area contributed by atoms with Crippen LogP contribution in [0.1, 0.15) is 19.8 Å². The molecular formula is C9H20N2O. The number of nitrogens with one attached hydrogen (secondary N) is 1. The van der Waals surface area contributed by atoms with Gasteiger partial charge in [0.05, 0.1) is 6.61 Å². The average molecular weight is 172 g/mol. The molecule has 1 rings (SSSR count). The molecule has 2 N–H and O–H groups in total. The Bertz CT molecular complexity index is 111. The average Bonchev–Trinajstić information content (AvgIpc) is 2.15. The summed E-state index contributed by atoms with van der Waals surface area (Å²) in [4.78, 5) is 2.47. The monoisotopic (exact) mass is 172 g/mol. The van der Waals surface area contributed by atoms with Crippen LogP contribution in [0.25, 0.3) is 0 Å². The van der Waals surface area contributed by atoms with E-state index >= 15 is 0 Å². The number of piperidine rings is 1. The van der Waals surface area contributed by atoms with Crippen LogP contribution in [-0.4, -0.2) is 48.8 Å². The molecule has 1 aliphatic heterocycles. The Morgan fingerprint density at radius 1 is 1.42 bits per heavy atom. The van der Waals surface area contributed by atoms with Crippen LogP contribution in [0.15, 0.2) is 0 Å². The zero-order valence-electron chi connectivity index (χ0n) is 7.92. The number of nitrogens with zero attached hydrogens (tertiary/aromatic N) is 1. The molecule has 0 amide bonds. The first-order valence-corrected chi connectivity index (χ1v) is 4.93. The van der Waals surface area contributed by atoms with Crippen LogP contribution in [-0.2, 0) is 0 Å². The van der Waals surface area contributed by atoms with Gasteiger partial charge in [0.2, 0.25) is 0 Å². The number of likely N-dealkylation sites (tertiary alicyclic amines) is 1. The van der Waals surface area contributed by atoms with Gasteiger partial charge in [0.1, 0.15) is 0 Å². The van der Waals surface area contributed by atoms with Crippen molar-refractivity contribution in [2.75, 3.05) is 32.8 Å². The van der Waals surface area contributed by atoms with Gasteiger partial charge in [-0.05, 0) is 32.5 Å². The summed E-state index contributed by atoms with van der Waals surface area (Å²) in [6.07, 6.45) is 2.46. The molecule has 0 aliphatic carbocycles. The molecule has 1 heterocycles. The summed E-state index contributed by atoms with van der Waals surface area (Å²) in [6, 6.07) is 0.639. The second kappa shape index (κ2) is 5.51. The molecule has 0 aromatic rings. The van der Waals surface area contributed by atoms with Gasteiger partial charge in [-0.25, -0.2) is 0 Å². The fraction of sp³-hybridized carbons (Fsp3) is 1.00. The summed E-state index contributed by atoms with van der Waals surface area (Å²) in [6.45, 7) is 6.80. The molecule has 3 nitrogen and oxygen atoms in total. The fourth-order valence-electron chi connectivity index (χ4n) is 1.72. The van der Waals surface area contributed by atoms with Crippen molar-refractivity contribution in [3.63, 3.8) is 0 Å². The third-order valence-electron chi connectivity index (χ3n) is 2.58. The fourth-order valence-corrected chi connectivity index (χ4v) is 1.72. The van der Waals surface area contributed by atoms with Gasteiger partial charge in [-0.15, -0.1) is 0 Å². The SMILES string of the molecule is CCN1CCC(NCCO)CC1. The molecule has 72 valence electrons. The molecule has 0 aromatic heterocycles. The van der Waals surface area contributed by atoms with Crippen molar-refractivity contribution < 1.29 is 5.11 Å². The van der Waals surface area contributed by atoms with Gasteiger partial charge in [0, 0.05) is 12.6 Å². The molecule has 12 heavy (non-hydrogen) atoms. The second-order valence-electron chi connectivity index (χ2n) is 3.39. The summed E-state index contributed by atoms with van der Waals surface area (Å²) < 4.78 is 0. The molecular weight excluding hydrogens is 152 g/mol. The molecule has 0 unspecified atom stereocenters. The minimum Gasteiger partial charge on any atom is -0.395 e. The largest absolute Gasteiger partial charge is 0.395 e.